The van der Waals surface area contributed by atoms with E-state index in [1.165, 1.54) is 0 Å². The minimum absolute atomic E-state index is 0.0495. The van der Waals surface area contributed by atoms with Crippen molar-refractivity contribution in [3.8, 4) is 0 Å². The molecule has 0 spiro atoms. The molecule has 2 heterocycles. The van der Waals surface area contributed by atoms with Gasteiger partial charge in [0.15, 0.2) is 5.82 Å². The van der Waals surface area contributed by atoms with Crippen LogP contribution >= 0.6 is 0 Å². The summed E-state index contributed by atoms with van der Waals surface area (Å²) in [5, 5.41) is 4.06. The molecule has 7 heteroatoms. The Bertz CT molecular complexity index is 607. The third kappa shape index (κ3) is 3.35. The number of allylic oxidation sites excluding steroid dienone is 1. The monoisotopic (exact) mass is 311 g/mol. The van der Waals surface area contributed by atoms with E-state index in [0.717, 1.165) is 31.6 Å². The van der Waals surface area contributed by atoms with Crippen molar-refractivity contribution >= 4 is 10.0 Å². The molecule has 2 aliphatic rings. The van der Waals surface area contributed by atoms with E-state index in [-0.39, 0.29) is 11.7 Å². The highest BCUT2D eigenvalue weighted by Gasteiger charge is 2.34. The highest BCUT2D eigenvalue weighted by molar-refractivity contribution is 7.89. The summed E-state index contributed by atoms with van der Waals surface area (Å²) in [5.41, 5.74) is 0. The van der Waals surface area contributed by atoms with Crippen LogP contribution in [-0.2, 0) is 10.0 Å². The Kier molecular flexibility index (Phi) is 4.12. The second-order valence-corrected chi connectivity index (χ2v) is 7.94. The van der Waals surface area contributed by atoms with E-state index in [4.69, 9.17) is 4.52 Å². The van der Waals surface area contributed by atoms with E-state index in [1.54, 1.807) is 10.4 Å². The highest BCUT2D eigenvalue weighted by Crippen LogP contribution is 2.39. The fourth-order valence-electron chi connectivity index (χ4n) is 2.68. The molecule has 2 fully saturated rings. The summed E-state index contributed by atoms with van der Waals surface area (Å²) in [4.78, 5) is 4.46. The largest absolute Gasteiger partial charge is 0.339 e. The van der Waals surface area contributed by atoms with Crippen LogP contribution < -0.4 is 0 Å². The van der Waals surface area contributed by atoms with Gasteiger partial charge in [0.05, 0.1) is 5.75 Å². The first-order valence-corrected chi connectivity index (χ1v) is 9.13. The molecule has 3 rings (SSSR count). The highest BCUT2D eigenvalue weighted by atomic mass is 32.2. The standard InChI is InChI=1S/C14H21N3O3S/c1-2-3-9-21(18,19)17-8-4-5-12(10-17)13-15-14(20-16-13)11-6-7-11/h2,11-12H,1,3-10H2/t12-/m1/s1. The third-order valence-corrected chi connectivity index (χ3v) is 5.98. The van der Waals surface area contributed by atoms with Crippen LogP contribution in [0.3, 0.4) is 0 Å². The Labute approximate surface area is 125 Å². The van der Waals surface area contributed by atoms with Crippen molar-refractivity contribution in [1.82, 2.24) is 14.4 Å². The second-order valence-electron chi connectivity index (χ2n) is 5.86. The average molecular weight is 311 g/mol. The number of nitrogens with zero attached hydrogens (tertiary/aromatic N) is 3. The summed E-state index contributed by atoms with van der Waals surface area (Å²) in [6.07, 6.45) is 6.11. The molecular formula is C14H21N3O3S. The molecule has 1 aliphatic carbocycles. The Balaban J connectivity index is 1.68. The summed E-state index contributed by atoms with van der Waals surface area (Å²) in [7, 11) is -3.21. The number of hydrogen-bond donors (Lipinski definition) is 0. The van der Waals surface area contributed by atoms with Gasteiger partial charge in [-0.2, -0.15) is 4.98 Å². The lowest BCUT2D eigenvalue weighted by molar-refractivity contribution is 0.300. The Morgan fingerprint density at radius 2 is 2.14 bits per heavy atom. The SMILES string of the molecule is C=CCCS(=O)(=O)N1CCC[C@@H](c2noc(C3CC3)n2)C1. The van der Waals surface area contributed by atoms with Gasteiger partial charge in [0.2, 0.25) is 15.9 Å². The second kappa shape index (κ2) is 5.88. The molecule has 1 aromatic rings. The van der Waals surface area contributed by atoms with Gasteiger partial charge in [0.25, 0.3) is 0 Å². The molecule has 0 unspecified atom stereocenters. The predicted octanol–water partition coefficient (Wildman–Crippen LogP) is 2.03. The van der Waals surface area contributed by atoms with Gasteiger partial charge in [-0.3, -0.25) is 0 Å². The quantitative estimate of drug-likeness (QED) is 0.751. The number of sulfonamides is 1. The molecular weight excluding hydrogens is 290 g/mol. The summed E-state index contributed by atoms with van der Waals surface area (Å²) in [6, 6.07) is 0. The van der Waals surface area contributed by atoms with Crippen LogP contribution in [-0.4, -0.2) is 41.7 Å². The van der Waals surface area contributed by atoms with Gasteiger partial charge in [-0.25, -0.2) is 12.7 Å². The molecule has 0 N–H and O–H groups in total. The number of rotatable bonds is 6. The van der Waals surface area contributed by atoms with Gasteiger partial charge in [0.1, 0.15) is 0 Å². The minimum Gasteiger partial charge on any atom is -0.339 e. The maximum Gasteiger partial charge on any atom is 0.229 e. The van der Waals surface area contributed by atoms with Crippen molar-refractivity contribution in [3.63, 3.8) is 0 Å². The molecule has 116 valence electrons. The molecule has 0 radical (unpaired) electrons. The van der Waals surface area contributed by atoms with Gasteiger partial charge < -0.3 is 4.52 Å². The molecule has 1 aliphatic heterocycles. The number of piperidine rings is 1. The van der Waals surface area contributed by atoms with Gasteiger partial charge in [-0.1, -0.05) is 11.2 Å². The van der Waals surface area contributed by atoms with E-state index in [2.05, 4.69) is 16.7 Å². The molecule has 0 amide bonds. The summed E-state index contributed by atoms with van der Waals surface area (Å²) >= 11 is 0. The van der Waals surface area contributed by atoms with Crippen molar-refractivity contribution in [2.24, 2.45) is 0 Å². The lowest BCUT2D eigenvalue weighted by Crippen LogP contribution is -2.40. The number of hydrogen-bond acceptors (Lipinski definition) is 5. The van der Waals surface area contributed by atoms with Crippen LogP contribution in [0, 0.1) is 0 Å². The average Bonchev–Trinajstić information content (AvgIpc) is 3.23. The first kappa shape index (κ1) is 14.7. The fourth-order valence-corrected chi connectivity index (χ4v) is 4.21. The molecule has 0 bridgehead atoms. The molecule has 1 atom stereocenters. The summed E-state index contributed by atoms with van der Waals surface area (Å²) in [6.45, 7) is 4.63. The van der Waals surface area contributed by atoms with Crippen molar-refractivity contribution in [2.75, 3.05) is 18.8 Å². The van der Waals surface area contributed by atoms with E-state index < -0.39 is 10.0 Å². The topological polar surface area (TPSA) is 76.3 Å². The lowest BCUT2D eigenvalue weighted by atomic mass is 9.99. The normalized spacial score (nSPS) is 24.1. The molecule has 6 nitrogen and oxygen atoms in total. The minimum atomic E-state index is -3.21. The van der Waals surface area contributed by atoms with Crippen molar-refractivity contribution < 1.29 is 12.9 Å². The number of aromatic nitrogens is 2. The third-order valence-electron chi connectivity index (χ3n) is 4.11. The molecule has 1 saturated heterocycles. The van der Waals surface area contributed by atoms with E-state index in [0.29, 0.717) is 31.3 Å². The van der Waals surface area contributed by atoms with E-state index in [9.17, 15) is 8.42 Å². The molecule has 0 aromatic carbocycles. The zero-order valence-electron chi connectivity index (χ0n) is 12.1. The molecule has 21 heavy (non-hydrogen) atoms. The Hall–Kier alpha value is -1.21. The van der Waals surface area contributed by atoms with E-state index >= 15 is 0 Å². The van der Waals surface area contributed by atoms with Crippen LogP contribution in [0.5, 0.6) is 0 Å². The molecule has 1 aromatic heterocycles. The predicted molar refractivity (Wildman–Crippen MR) is 78.4 cm³/mol. The van der Waals surface area contributed by atoms with Crippen LogP contribution in [0.4, 0.5) is 0 Å². The maximum atomic E-state index is 12.3. The van der Waals surface area contributed by atoms with Crippen molar-refractivity contribution in [2.45, 2.75) is 43.9 Å². The van der Waals surface area contributed by atoms with Gasteiger partial charge >= 0.3 is 0 Å². The van der Waals surface area contributed by atoms with Crippen LogP contribution in [0.1, 0.15) is 55.7 Å². The first-order valence-electron chi connectivity index (χ1n) is 7.52. The van der Waals surface area contributed by atoms with Crippen LogP contribution in [0.25, 0.3) is 0 Å². The zero-order chi connectivity index (χ0) is 14.9. The van der Waals surface area contributed by atoms with E-state index in [1.807, 2.05) is 0 Å². The Morgan fingerprint density at radius 3 is 2.86 bits per heavy atom. The van der Waals surface area contributed by atoms with Crippen molar-refractivity contribution in [3.05, 3.63) is 24.4 Å². The summed E-state index contributed by atoms with van der Waals surface area (Å²) in [5.74, 6) is 2.00. The summed E-state index contributed by atoms with van der Waals surface area (Å²) < 4.78 is 31.4. The molecule has 1 saturated carbocycles. The van der Waals surface area contributed by atoms with Gasteiger partial charge in [-0.15, -0.1) is 6.58 Å². The van der Waals surface area contributed by atoms with Crippen molar-refractivity contribution in [1.29, 1.82) is 0 Å². The van der Waals surface area contributed by atoms with Gasteiger partial charge in [-0.05, 0) is 32.1 Å². The van der Waals surface area contributed by atoms with Gasteiger partial charge in [0, 0.05) is 24.9 Å². The van der Waals surface area contributed by atoms with Crippen LogP contribution in [0.15, 0.2) is 17.2 Å². The Morgan fingerprint density at radius 1 is 1.33 bits per heavy atom. The maximum absolute atomic E-state index is 12.3. The fraction of sp³-hybridized carbons (Fsp3) is 0.714. The smallest absolute Gasteiger partial charge is 0.229 e. The van der Waals surface area contributed by atoms with Crippen LogP contribution in [0.2, 0.25) is 0 Å². The lowest BCUT2D eigenvalue weighted by Gasteiger charge is -2.30. The zero-order valence-corrected chi connectivity index (χ0v) is 12.9. The first-order chi connectivity index (χ1) is 10.1.